The number of hydrogen-bond acceptors (Lipinski definition) is 5. The number of halogens is 1. The van der Waals surface area contributed by atoms with Gasteiger partial charge in [0.15, 0.2) is 0 Å². The lowest BCUT2D eigenvalue weighted by atomic mass is 10.1. The van der Waals surface area contributed by atoms with Gasteiger partial charge in [0.05, 0.1) is 12.8 Å². The molecule has 1 heterocycles. The van der Waals surface area contributed by atoms with Crippen molar-refractivity contribution < 1.29 is 9.53 Å². The fraction of sp³-hybridized carbons (Fsp3) is 0.190. The zero-order chi connectivity index (χ0) is 20.1. The topological polar surface area (TPSA) is 76.1 Å². The first-order valence-corrected chi connectivity index (χ1v) is 9.22. The molecule has 1 aromatic heterocycles. The number of benzene rings is 2. The van der Waals surface area contributed by atoms with Gasteiger partial charge in [0.2, 0.25) is 5.95 Å². The minimum absolute atomic E-state index is 0.234. The molecule has 7 heteroatoms. The van der Waals surface area contributed by atoms with Gasteiger partial charge in [0.25, 0.3) is 5.91 Å². The summed E-state index contributed by atoms with van der Waals surface area (Å²) in [4.78, 5) is 21.1. The zero-order valence-electron chi connectivity index (χ0n) is 15.9. The second-order valence-corrected chi connectivity index (χ2v) is 6.60. The monoisotopic (exact) mass is 396 g/mol. The van der Waals surface area contributed by atoms with Crippen LogP contribution in [0.1, 0.15) is 28.5 Å². The Bertz CT molecular complexity index is 990. The number of nitrogens with one attached hydrogen (secondary N) is 2. The van der Waals surface area contributed by atoms with Crippen molar-refractivity contribution in [2.75, 3.05) is 17.7 Å². The van der Waals surface area contributed by atoms with Gasteiger partial charge in [-0.05, 0) is 48.7 Å². The molecule has 2 aromatic carbocycles. The number of aryl methyl sites for hydroxylation is 2. The smallest absolute Gasteiger partial charge is 0.274 e. The highest BCUT2D eigenvalue weighted by atomic mass is 35.5. The van der Waals surface area contributed by atoms with Crippen molar-refractivity contribution in [2.45, 2.75) is 20.3 Å². The van der Waals surface area contributed by atoms with Crippen LogP contribution in [0.4, 0.5) is 17.3 Å². The van der Waals surface area contributed by atoms with E-state index in [2.05, 4.69) is 27.5 Å². The summed E-state index contributed by atoms with van der Waals surface area (Å²) in [6.45, 7) is 3.96. The summed E-state index contributed by atoms with van der Waals surface area (Å²) in [5.74, 6) is 0.454. The molecule has 6 nitrogen and oxygen atoms in total. The molecular formula is C21H21ClN4O2. The van der Waals surface area contributed by atoms with Gasteiger partial charge >= 0.3 is 0 Å². The minimum atomic E-state index is -0.369. The number of carbonyl (C=O) groups excluding carboxylic acids is 1. The van der Waals surface area contributed by atoms with E-state index in [1.165, 1.54) is 18.9 Å². The van der Waals surface area contributed by atoms with Crippen LogP contribution in [0.5, 0.6) is 5.75 Å². The molecule has 0 radical (unpaired) electrons. The summed E-state index contributed by atoms with van der Waals surface area (Å²) < 4.78 is 5.30. The summed E-state index contributed by atoms with van der Waals surface area (Å²) in [5, 5.41) is 6.49. The van der Waals surface area contributed by atoms with Crippen LogP contribution in [-0.2, 0) is 6.42 Å². The quantitative estimate of drug-likeness (QED) is 0.612. The first-order valence-electron chi connectivity index (χ1n) is 8.84. The number of carbonyl (C=O) groups is 1. The highest BCUT2D eigenvalue weighted by molar-refractivity contribution is 6.31. The molecule has 0 atom stereocenters. The van der Waals surface area contributed by atoms with E-state index in [0.717, 1.165) is 17.7 Å². The van der Waals surface area contributed by atoms with E-state index in [-0.39, 0.29) is 11.6 Å². The lowest BCUT2D eigenvalue weighted by Crippen LogP contribution is -2.15. The number of ether oxygens (including phenoxy) is 1. The van der Waals surface area contributed by atoms with E-state index in [1.54, 1.807) is 18.2 Å². The van der Waals surface area contributed by atoms with Crippen LogP contribution in [0.15, 0.2) is 48.7 Å². The predicted molar refractivity (Wildman–Crippen MR) is 112 cm³/mol. The highest BCUT2D eigenvalue weighted by Crippen LogP contribution is 2.31. The SMILES string of the molecule is CCc1ccc(Nc2nccc(C(=O)Nc3cc(C)c(Cl)cc3OC)n2)cc1. The van der Waals surface area contributed by atoms with E-state index < -0.39 is 0 Å². The Hall–Kier alpha value is -3.12. The average Bonchev–Trinajstić information content (AvgIpc) is 2.71. The molecule has 144 valence electrons. The van der Waals surface area contributed by atoms with Gasteiger partial charge in [-0.2, -0.15) is 0 Å². The fourth-order valence-electron chi connectivity index (χ4n) is 2.61. The normalized spacial score (nSPS) is 10.4. The number of methoxy groups -OCH3 is 1. The molecule has 0 saturated heterocycles. The Morgan fingerprint density at radius 2 is 1.93 bits per heavy atom. The third kappa shape index (κ3) is 4.58. The molecule has 2 N–H and O–H groups in total. The molecule has 3 rings (SSSR count). The summed E-state index contributed by atoms with van der Waals surface area (Å²) in [7, 11) is 1.52. The maximum atomic E-state index is 12.6. The molecule has 3 aromatic rings. The number of aromatic nitrogens is 2. The van der Waals surface area contributed by atoms with Crippen LogP contribution in [0.25, 0.3) is 0 Å². The molecule has 0 saturated carbocycles. The third-order valence-electron chi connectivity index (χ3n) is 4.24. The van der Waals surface area contributed by atoms with Crippen molar-refractivity contribution >= 4 is 34.8 Å². The van der Waals surface area contributed by atoms with Gasteiger partial charge in [0, 0.05) is 23.0 Å². The van der Waals surface area contributed by atoms with Gasteiger partial charge in [0.1, 0.15) is 11.4 Å². The minimum Gasteiger partial charge on any atom is -0.495 e. The largest absolute Gasteiger partial charge is 0.495 e. The Labute approximate surface area is 168 Å². The lowest BCUT2D eigenvalue weighted by Gasteiger charge is -2.12. The van der Waals surface area contributed by atoms with Crippen LogP contribution in [0.2, 0.25) is 5.02 Å². The first-order chi connectivity index (χ1) is 13.5. The van der Waals surface area contributed by atoms with E-state index in [0.29, 0.717) is 22.4 Å². The average molecular weight is 397 g/mol. The van der Waals surface area contributed by atoms with Crippen LogP contribution >= 0.6 is 11.6 Å². The van der Waals surface area contributed by atoms with Crippen LogP contribution in [-0.4, -0.2) is 23.0 Å². The number of anilines is 3. The van der Waals surface area contributed by atoms with Crippen molar-refractivity contribution in [2.24, 2.45) is 0 Å². The summed E-state index contributed by atoms with van der Waals surface area (Å²) in [5.41, 5.74) is 3.69. The van der Waals surface area contributed by atoms with Gasteiger partial charge in [-0.3, -0.25) is 4.79 Å². The van der Waals surface area contributed by atoms with Crippen LogP contribution in [0.3, 0.4) is 0 Å². The molecular weight excluding hydrogens is 376 g/mol. The fourth-order valence-corrected chi connectivity index (χ4v) is 2.77. The summed E-state index contributed by atoms with van der Waals surface area (Å²) >= 11 is 6.11. The van der Waals surface area contributed by atoms with Crippen LogP contribution in [0, 0.1) is 6.92 Å². The second kappa shape index (κ2) is 8.71. The summed E-state index contributed by atoms with van der Waals surface area (Å²) in [6, 6.07) is 13.0. The van der Waals surface area contributed by atoms with Crippen molar-refractivity contribution in [3.05, 3.63) is 70.5 Å². The number of nitrogens with zero attached hydrogens (tertiary/aromatic N) is 2. The maximum Gasteiger partial charge on any atom is 0.274 e. The third-order valence-corrected chi connectivity index (χ3v) is 4.64. The van der Waals surface area contributed by atoms with Crippen LogP contribution < -0.4 is 15.4 Å². The number of hydrogen-bond donors (Lipinski definition) is 2. The number of rotatable bonds is 6. The Morgan fingerprint density at radius 3 is 2.61 bits per heavy atom. The molecule has 28 heavy (non-hydrogen) atoms. The molecule has 1 amide bonds. The van der Waals surface area contributed by atoms with Gasteiger partial charge in [-0.1, -0.05) is 30.7 Å². The molecule has 0 spiro atoms. The van der Waals surface area contributed by atoms with E-state index >= 15 is 0 Å². The Morgan fingerprint density at radius 1 is 1.18 bits per heavy atom. The zero-order valence-corrected chi connectivity index (χ0v) is 16.7. The molecule has 0 unspecified atom stereocenters. The second-order valence-electron chi connectivity index (χ2n) is 6.20. The van der Waals surface area contributed by atoms with Gasteiger partial charge < -0.3 is 15.4 Å². The molecule has 0 bridgehead atoms. The van der Waals surface area contributed by atoms with Crippen molar-refractivity contribution in [1.29, 1.82) is 0 Å². The van der Waals surface area contributed by atoms with Gasteiger partial charge in [-0.15, -0.1) is 0 Å². The van der Waals surface area contributed by atoms with E-state index in [4.69, 9.17) is 16.3 Å². The molecule has 0 aliphatic rings. The predicted octanol–water partition coefficient (Wildman–Crippen LogP) is 5.01. The van der Waals surface area contributed by atoms with Crippen molar-refractivity contribution in [1.82, 2.24) is 9.97 Å². The Balaban J connectivity index is 1.78. The Kier molecular flexibility index (Phi) is 6.11. The van der Waals surface area contributed by atoms with E-state index in [9.17, 15) is 4.79 Å². The summed E-state index contributed by atoms with van der Waals surface area (Å²) in [6.07, 6.45) is 2.51. The first kappa shape index (κ1) is 19.6. The van der Waals surface area contributed by atoms with Crippen molar-refractivity contribution in [3.63, 3.8) is 0 Å². The highest BCUT2D eigenvalue weighted by Gasteiger charge is 2.14. The molecule has 0 aliphatic carbocycles. The number of amides is 1. The standard InChI is InChI=1S/C21H21ClN4O2/c1-4-14-5-7-15(8-6-14)24-21-23-10-9-17(26-21)20(27)25-18-11-13(2)16(22)12-19(18)28-3/h5-12H,4H2,1-3H3,(H,25,27)(H,23,24,26). The maximum absolute atomic E-state index is 12.6. The van der Waals surface area contributed by atoms with Gasteiger partial charge in [-0.25, -0.2) is 9.97 Å². The molecule has 0 aliphatic heterocycles. The van der Waals surface area contributed by atoms with Crippen molar-refractivity contribution in [3.8, 4) is 5.75 Å². The molecule has 0 fully saturated rings. The lowest BCUT2D eigenvalue weighted by molar-refractivity contribution is 0.102. The van der Waals surface area contributed by atoms with E-state index in [1.807, 2.05) is 31.2 Å².